The van der Waals surface area contributed by atoms with Crippen molar-refractivity contribution in [2.45, 2.75) is 32.8 Å². The van der Waals surface area contributed by atoms with Crippen LogP contribution in [-0.2, 0) is 38.1 Å². The van der Waals surface area contributed by atoms with Gasteiger partial charge in [0.05, 0.1) is 13.0 Å². The zero-order chi connectivity index (χ0) is 19.9. The first-order valence-electron chi connectivity index (χ1n) is 8.07. The minimum atomic E-state index is -0.826. The third-order valence-electron chi connectivity index (χ3n) is 3.22. The molecule has 1 unspecified atom stereocenters. The molecule has 0 amide bonds. The Morgan fingerprint density at radius 2 is 1.62 bits per heavy atom. The summed E-state index contributed by atoms with van der Waals surface area (Å²) in [6, 6.07) is 0. The monoisotopic (exact) mass is 377 g/mol. The molecule has 0 aromatic carbocycles. The van der Waals surface area contributed by atoms with Gasteiger partial charge in [-0.05, 0) is 0 Å². The molecular formula is C15H27N3O8. The van der Waals surface area contributed by atoms with Gasteiger partial charge in [-0.1, -0.05) is 0 Å². The van der Waals surface area contributed by atoms with Crippen molar-refractivity contribution in [2.24, 2.45) is 11.7 Å². The first kappa shape index (κ1) is 23.8. The predicted molar refractivity (Wildman–Crippen MR) is 88.2 cm³/mol. The SMILES string of the molecule is CC(=O)OCCN(CCOC(C)=O)CCC(=O)OC1CCOC1=O.NN. The number of hydrogen-bond acceptors (Lipinski definition) is 11. The summed E-state index contributed by atoms with van der Waals surface area (Å²) >= 11 is 0. The first-order valence-corrected chi connectivity index (χ1v) is 8.07. The molecule has 0 aromatic rings. The van der Waals surface area contributed by atoms with E-state index in [1.54, 1.807) is 4.90 Å². The van der Waals surface area contributed by atoms with Gasteiger partial charge in [0.2, 0.25) is 6.10 Å². The second kappa shape index (κ2) is 14.0. The molecule has 0 bridgehead atoms. The topological polar surface area (TPSA) is 160 Å². The van der Waals surface area contributed by atoms with Gasteiger partial charge in [-0.25, -0.2) is 4.79 Å². The Bertz CT molecular complexity index is 452. The molecule has 0 aromatic heterocycles. The van der Waals surface area contributed by atoms with Crippen molar-refractivity contribution in [2.75, 3.05) is 39.5 Å². The Morgan fingerprint density at radius 1 is 1.08 bits per heavy atom. The molecule has 1 saturated heterocycles. The number of ether oxygens (including phenoxy) is 4. The van der Waals surface area contributed by atoms with Crippen molar-refractivity contribution in [3.8, 4) is 0 Å². The molecular weight excluding hydrogens is 350 g/mol. The smallest absolute Gasteiger partial charge is 0.347 e. The highest BCUT2D eigenvalue weighted by atomic mass is 16.6. The molecule has 11 nitrogen and oxygen atoms in total. The summed E-state index contributed by atoms with van der Waals surface area (Å²) in [4.78, 5) is 46.4. The summed E-state index contributed by atoms with van der Waals surface area (Å²) in [5.74, 6) is 6.18. The van der Waals surface area contributed by atoms with Crippen LogP contribution in [0.1, 0.15) is 26.7 Å². The Balaban J connectivity index is 0.00000301. The molecule has 0 radical (unpaired) electrons. The number of hydrogen-bond donors (Lipinski definition) is 2. The van der Waals surface area contributed by atoms with Crippen LogP contribution in [-0.4, -0.2) is 74.3 Å². The van der Waals surface area contributed by atoms with Gasteiger partial charge >= 0.3 is 23.9 Å². The Morgan fingerprint density at radius 3 is 2.04 bits per heavy atom. The van der Waals surface area contributed by atoms with Gasteiger partial charge in [-0.15, -0.1) is 0 Å². The van der Waals surface area contributed by atoms with Gasteiger partial charge in [-0.2, -0.15) is 0 Å². The molecule has 0 saturated carbocycles. The molecule has 4 N–H and O–H groups in total. The highest BCUT2D eigenvalue weighted by Crippen LogP contribution is 2.11. The predicted octanol–water partition coefficient (Wildman–Crippen LogP) is -1.52. The van der Waals surface area contributed by atoms with E-state index in [-0.39, 0.29) is 26.2 Å². The molecule has 0 spiro atoms. The van der Waals surface area contributed by atoms with E-state index in [0.717, 1.165) is 0 Å². The number of cyclic esters (lactones) is 1. The Hall–Kier alpha value is -2.24. The van der Waals surface area contributed by atoms with Gasteiger partial charge in [0, 0.05) is 39.9 Å². The number of hydrazine groups is 1. The van der Waals surface area contributed by atoms with Crippen molar-refractivity contribution >= 4 is 23.9 Å². The number of carbonyl (C=O) groups excluding carboxylic acids is 4. The highest BCUT2D eigenvalue weighted by Gasteiger charge is 2.30. The summed E-state index contributed by atoms with van der Waals surface area (Å²) < 4.78 is 19.5. The zero-order valence-corrected chi connectivity index (χ0v) is 15.1. The van der Waals surface area contributed by atoms with Gasteiger partial charge in [0.1, 0.15) is 13.2 Å². The van der Waals surface area contributed by atoms with Crippen LogP contribution < -0.4 is 11.7 Å². The van der Waals surface area contributed by atoms with E-state index < -0.39 is 30.0 Å². The van der Waals surface area contributed by atoms with Crippen molar-refractivity contribution < 1.29 is 38.1 Å². The first-order chi connectivity index (χ1) is 12.4. The lowest BCUT2D eigenvalue weighted by atomic mass is 10.3. The van der Waals surface area contributed by atoms with E-state index in [1.807, 2.05) is 0 Å². The van der Waals surface area contributed by atoms with E-state index in [4.69, 9.17) is 18.9 Å². The third-order valence-corrected chi connectivity index (χ3v) is 3.22. The molecule has 1 aliphatic heterocycles. The minimum Gasteiger partial charge on any atom is -0.465 e. The van der Waals surface area contributed by atoms with Crippen molar-refractivity contribution in [1.82, 2.24) is 4.90 Å². The summed E-state index contributed by atoms with van der Waals surface area (Å²) in [7, 11) is 0. The fraction of sp³-hybridized carbons (Fsp3) is 0.733. The highest BCUT2D eigenvalue weighted by molar-refractivity contribution is 5.80. The average molecular weight is 377 g/mol. The number of carbonyl (C=O) groups is 4. The lowest BCUT2D eigenvalue weighted by molar-refractivity contribution is -0.160. The van der Waals surface area contributed by atoms with Crippen LogP contribution in [0.25, 0.3) is 0 Å². The number of nitrogens with zero attached hydrogens (tertiary/aromatic N) is 1. The summed E-state index contributed by atoms with van der Waals surface area (Å²) in [6.07, 6.45) is -0.398. The lowest BCUT2D eigenvalue weighted by Gasteiger charge is -2.21. The van der Waals surface area contributed by atoms with Crippen LogP contribution in [0.2, 0.25) is 0 Å². The van der Waals surface area contributed by atoms with E-state index in [9.17, 15) is 19.2 Å². The van der Waals surface area contributed by atoms with Gasteiger partial charge < -0.3 is 18.9 Å². The standard InChI is InChI=1S/C15H23NO8.H4N2/c1-11(17)21-9-6-16(7-10-22-12(2)18)5-3-14(19)24-13-4-8-23-15(13)20;1-2/h13H,3-10H2,1-2H3;1-2H2. The van der Waals surface area contributed by atoms with Crippen LogP contribution in [0.15, 0.2) is 0 Å². The van der Waals surface area contributed by atoms with Gasteiger partial charge in [0.25, 0.3) is 0 Å². The molecule has 1 aliphatic rings. The van der Waals surface area contributed by atoms with Crippen molar-refractivity contribution in [3.63, 3.8) is 0 Å². The average Bonchev–Trinajstić information content (AvgIpc) is 2.98. The normalized spacial score (nSPS) is 15.6. The van der Waals surface area contributed by atoms with Crippen LogP contribution in [0.5, 0.6) is 0 Å². The molecule has 1 heterocycles. The second-order valence-corrected chi connectivity index (χ2v) is 5.21. The van der Waals surface area contributed by atoms with Crippen molar-refractivity contribution in [3.05, 3.63) is 0 Å². The Labute approximate surface area is 151 Å². The lowest BCUT2D eigenvalue weighted by Crippen LogP contribution is -2.34. The van der Waals surface area contributed by atoms with E-state index in [0.29, 0.717) is 26.1 Å². The van der Waals surface area contributed by atoms with Crippen LogP contribution >= 0.6 is 0 Å². The second-order valence-electron chi connectivity index (χ2n) is 5.21. The minimum absolute atomic E-state index is 0.0594. The van der Waals surface area contributed by atoms with E-state index in [1.165, 1.54) is 13.8 Å². The van der Waals surface area contributed by atoms with Crippen molar-refractivity contribution in [1.29, 1.82) is 0 Å². The molecule has 0 aliphatic carbocycles. The fourth-order valence-corrected chi connectivity index (χ4v) is 2.02. The fourth-order valence-electron chi connectivity index (χ4n) is 2.02. The maximum absolute atomic E-state index is 11.8. The summed E-state index contributed by atoms with van der Waals surface area (Å²) in [5.41, 5.74) is 0. The Kier molecular flexibility index (Phi) is 12.8. The summed E-state index contributed by atoms with van der Waals surface area (Å²) in [6.45, 7) is 4.30. The third kappa shape index (κ3) is 11.3. The maximum atomic E-state index is 11.8. The quantitative estimate of drug-likeness (QED) is 0.197. The molecule has 1 rings (SSSR count). The molecule has 1 fully saturated rings. The van der Waals surface area contributed by atoms with Gasteiger partial charge in [-0.3, -0.25) is 31.0 Å². The van der Waals surface area contributed by atoms with Gasteiger partial charge in [0.15, 0.2) is 0 Å². The van der Waals surface area contributed by atoms with E-state index >= 15 is 0 Å². The molecule has 11 heteroatoms. The number of esters is 4. The zero-order valence-electron chi connectivity index (χ0n) is 15.1. The van der Waals surface area contributed by atoms with Crippen LogP contribution in [0.3, 0.4) is 0 Å². The van der Waals surface area contributed by atoms with Crippen LogP contribution in [0.4, 0.5) is 0 Å². The van der Waals surface area contributed by atoms with E-state index in [2.05, 4.69) is 11.7 Å². The molecule has 26 heavy (non-hydrogen) atoms. The maximum Gasteiger partial charge on any atom is 0.347 e. The molecule has 1 atom stereocenters. The van der Waals surface area contributed by atoms with Crippen LogP contribution in [0, 0.1) is 0 Å². The molecule has 150 valence electrons. The summed E-state index contributed by atoms with van der Waals surface area (Å²) in [5, 5.41) is 0. The largest absolute Gasteiger partial charge is 0.465 e. The number of nitrogens with two attached hydrogens (primary N) is 2. The number of rotatable bonds is 10.